The fourth-order valence-electron chi connectivity index (χ4n) is 3.25. The summed E-state index contributed by atoms with van der Waals surface area (Å²) in [5, 5.41) is 13.6. The van der Waals surface area contributed by atoms with E-state index < -0.39 is 11.5 Å². The van der Waals surface area contributed by atoms with Crippen LogP contribution in [0.5, 0.6) is 0 Å². The number of aliphatic carboxylic acids is 1. The predicted molar refractivity (Wildman–Crippen MR) is 88.2 cm³/mol. The lowest BCUT2D eigenvalue weighted by Gasteiger charge is -2.32. The van der Waals surface area contributed by atoms with Crippen LogP contribution in [0.2, 0.25) is 5.02 Å². The molecule has 0 aromatic heterocycles. The van der Waals surface area contributed by atoms with Crippen molar-refractivity contribution in [1.29, 1.82) is 0 Å². The van der Waals surface area contributed by atoms with Crippen molar-refractivity contribution in [3.8, 4) is 0 Å². The van der Waals surface area contributed by atoms with Crippen LogP contribution in [0.1, 0.15) is 32.6 Å². The van der Waals surface area contributed by atoms with Crippen molar-refractivity contribution in [1.82, 2.24) is 5.32 Å². The van der Waals surface area contributed by atoms with E-state index in [4.69, 9.17) is 11.6 Å². The van der Waals surface area contributed by atoms with Gasteiger partial charge in [-0.05, 0) is 55.7 Å². The van der Waals surface area contributed by atoms with E-state index in [0.29, 0.717) is 6.54 Å². The van der Waals surface area contributed by atoms with E-state index >= 15 is 0 Å². The van der Waals surface area contributed by atoms with E-state index in [1.165, 1.54) is 0 Å². The average Bonchev–Trinajstić information content (AvgIpc) is 2.84. The zero-order chi connectivity index (χ0) is 15.3. The maximum Gasteiger partial charge on any atom is 0.324 e. The summed E-state index contributed by atoms with van der Waals surface area (Å²) >= 11 is 7.72. The minimum atomic E-state index is -0.719. The lowest BCUT2D eigenvalue weighted by Crippen LogP contribution is -2.54. The quantitative estimate of drug-likeness (QED) is 0.742. The van der Waals surface area contributed by atoms with Crippen molar-refractivity contribution in [3.63, 3.8) is 0 Å². The molecule has 1 aliphatic carbocycles. The standard InChI is InChI=1S/C16H22ClNO2S/c1-2-18-16(15(19)20)9-4-5-12(16)8-10-21-14-7-3-6-13(17)11-14/h3,6-7,11-12,18H,2,4-5,8-10H2,1H3,(H,19,20). The molecule has 1 saturated carbocycles. The molecule has 0 bridgehead atoms. The molecule has 2 N–H and O–H groups in total. The lowest BCUT2D eigenvalue weighted by molar-refractivity contribution is -0.146. The largest absolute Gasteiger partial charge is 0.480 e. The smallest absolute Gasteiger partial charge is 0.324 e. The van der Waals surface area contributed by atoms with Crippen LogP contribution >= 0.6 is 23.4 Å². The third-order valence-electron chi connectivity index (χ3n) is 4.23. The Hall–Kier alpha value is -0.710. The van der Waals surface area contributed by atoms with Crippen molar-refractivity contribution >= 4 is 29.3 Å². The summed E-state index contributed by atoms with van der Waals surface area (Å²) in [5.41, 5.74) is -0.719. The first kappa shape index (κ1) is 16.7. The summed E-state index contributed by atoms with van der Waals surface area (Å²) in [6.07, 6.45) is 3.64. The number of benzene rings is 1. The number of likely N-dealkylation sites (N-methyl/N-ethyl adjacent to an activating group) is 1. The minimum absolute atomic E-state index is 0.210. The first-order valence-corrected chi connectivity index (χ1v) is 8.81. The molecule has 2 rings (SSSR count). The number of carboxylic acid groups (broad SMARTS) is 1. The average molecular weight is 328 g/mol. The Balaban J connectivity index is 1.93. The number of hydrogen-bond acceptors (Lipinski definition) is 3. The molecule has 0 aliphatic heterocycles. The molecule has 0 amide bonds. The van der Waals surface area contributed by atoms with Crippen molar-refractivity contribution in [3.05, 3.63) is 29.3 Å². The van der Waals surface area contributed by atoms with Crippen LogP contribution < -0.4 is 5.32 Å². The van der Waals surface area contributed by atoms with Gasteiger partial charge in [0.1, 0.15) is 5.54 Å². The van der Waals surface area contributed by atoms with Gasteiger partial charge in [0.05, 0.1) is 0 Å². The van der Waals surface area contributed by atoms with Gasteiger partial charge in [-0.1, -0.05) is 31.0 Å². The second-order valence-electron chi connectivity index (χ2n) is 5.49. The normalized spacial score (nSPS) is 25.1. The van der Waals surface area contributed by atoms with Gasteiger partial charge >= 0.3 is 5.97 Å². The van der Waals surface area contributed by atoms with E-state index in [0.717, 1.165) is 41.4 Å². The van der Waals surface area contributed by atoms with Gasteiger partial charge in [0.25, 0.3) is 0 Å². The fourth-order valence-corrected chi connectivity index (χ4v) is 4.53. The molecule has 1 aromatic carbocycles. The molecule has 116 valence electrons. The Morgan fingerprint density at radius 3 is 3.05 bits per heavy atom. The SMILES string of the molecule is CCNC1(C(=O)O)CCCC1CCSc1cccc(Cl)c1. The van der Waals surface area contributed by atoms with E-state index in [2.05, 4.69) is 5.32 Å². The molecule has 0 heterocycles. The summed E-state index contributed by atoms with van der Waals surface area (Å²) in [6.45, 7) is 2.67. The minimum Gasteiger partial charge on any atom is -0.480 e. The second kappa shape index (κ2) is 7.52. The molecule has 5 heteroatoms. The monoisotopic (exact) mass is 327 g/mol. The molecule has 1 aliphatic rings. The highest BCUT2D eigenvalue weighted by molar-refractivity contribution is 7.99. The molecule has 0 radical (unpaired) electrons. The van der Waals surface area contributed by atoms with Crippen molar-refractivity contribution in [2.45, 2.75) is 43.0 Å². The van der Waals surface area contributed by atoms with Gasteiger partial charge in [-0.2, -0.15) is 0 Å². The summed E-state index contributed by atoms with van der Waals surface area (Å²) in [4.78, 5) is 12.9. The summed E-state index contributed by atoms with van der Waals surface area (Å²) < 4.78 is 0. The van der Waals surface area contributed by atoms with Crippen LogP contribution in [0, 0.1) is 5.92 Å². The molecule has 1 aromatic rings. The zero-order valence-electron chi connectivity index (χ0n) is 12.3. The Labute approximate surface area is 135 Å². The van der Waals surface area contributed by atoms with E-state index in [1.54, 1.807) is 11.8 Å². The van der Waals surface area contributed by atoms with Gasteiger partial charge in [0, 0.05) is 9.92 Å². The van der Waals surface area contributed by atoms with Crippen molar-refractivity contribution in [2.75, 3.05) is 12.3 Å². The van der Waals surface area contributed by atoms with Crippen molar-refractivity contribution in [2.24, 2.45) is 5.92 Å². The van der Waals surface area contributed by atoms with Crippen LogP contribution in [0.3, 0.4) is 0 Å². The van der Waals surface area contributed by atoms with Crippen LogP contribution in [0.15, 0.2) is 29.2 Å². The first-order chi connectivity index (χ1) is 10.1. The highest BCUT2D eigenvalue weighted by Crippen LogP contribution is 2.39. The fraction of sp³-hybridized carbons (Fsp3) is 0.562. The number of rotatable bonds is 7. The molecule has 0 saturated heterocycles. The third kappa shape index (κ3) is 3.93. The molecule has 2 unspecified atom stereocenters. The predicted octanol–water partition coefficient (Wildman–Crippen LogP) is 4.06. The number of carbonyl (C=O) groups is 1. The summed E-state index contributed by atoms with van der Waals surface area (Å²) in [7, 11) is 0. The van der Waals surface area contributed by atoms with E-state index in [1.807, 2.05) is 31.2 Å². The number of halogens is 1. The third-order valence-corrected chi connectivity index (χ3v) is 5.49. The molecule has 2 atom stereocenters. The Kier molecular flexibility index (Phi) is 5.97. The maximum absolute atomic E-state index is 11.7. The molecule has 1 fully saturated rings. The van der Waals surface area contributed by atoms with E-state index in [-0.39, 0.29) is 5.92 Å². The summed E-state index contributed by atoms with van der Waals surface area (Å²) in [6, 6.07) is 7.80. The molecule has 0 spiro atoms. The van der Waals surface area contributed by atoms with Gasteiger partial charge in [-0.3, -0.25) is 4.79 Å². The van der Waals surface area contributed by atoms with Gasteiger partial charge in [-0.25, -0.2) is 0 Å². The van der Waals surface area contributed by atoms with Crippen LogP contribution in [0.4, 0.5) is 0 Å². The molecule has 3 nitrogen and oxygen atoms in total. The molecule has 21 heavy (non-hydrogen) atoms. The van der Waals surface area contributed by atoms with Crippen LogP contribution in [-0.2, 0) is 4.79 Å². The first-order valence-electron chi connectivity index (χ1n) is 7.45. The molecular weight excluding hydrogens is 306 g/mol. The topological polar surface area (TPSA) is 49.3 Å². The highest BCUT2D eigenvalue weighted by Gasteiger charge is 2.48. The zero-order valence-corrected chi connectivity index (χ0v) is 13.8. The van der Waals surface area contributed by atoms with Crippen LogP contribution in [0.25, 0.3) is 0 Å². The van der Waals surface area contributed by atoms with Gasteiger partial charge in [0.15, 0.2) is 0 Å². The second-order valence-corrected chi connectivity index (χ2v) is 7.10. The Bertz CT molecular complexity index is 497. The number of carboxylic acids is 1. The van der Waals surface area contributed by atoms with Crippen molar-refractivity contribution < 1.29 is 9.90 Å². The van der Waals surface area contributed by atoms with E-state index in [9.17, 15) is 9.90 Å². The summed E-state index contributed by atoms with van der Waals surface area (Å²) in [5.74, 6) is 0.437. The van der Waals surface area contributed by atoms with Gasteiger partial charge < -0.3 is 10.4 Å². The Morgan fingerprint density at radius 1 is 1.57 bits per heavy atom. The lowest BCUT2D eigenvalue weighted by atomic mass is 9.85. The Morgan fingerprint density at radius 2 is 2.38 bits per heavy atom. The van der Waals surface area contributed by atoms with Gasteiger partial charge in [0.2, 0.25) is 0 Å². The number of hydrogen-bond donors (Lipinski definition) is 2. The maximum atomic E-state index is 11.7. The van der Waals surface area contributed by atoms with Gasteiger partial charge in [-0.15, -0.1) is 11.8 Å². The highest BCUT2D eigenvalue weighted by atomic mass is 35.5. The number of nitrogens with one attached hydrogen (secondary N) is 1. The molecular formula is C16H22ClNO2S. The van der Waals surface area contributed by atoms with Crippen LogP contribution in [-0.4, -0.2) is 28.9 Å². The number of thioether (sulfide) groups is 1.